The fourth-order valence-corrected chi connectivity index (χ4v) is 2.50. The van der Waals surface area contributed by atoms with Crippen LogP contribution >= 0.6 is 0 Å². The van der Waals surface area contributed by atoms with Crippen molar-refractivity contribution in [1.29, 1.82) is 0 Å². The Kier molecular flexibility index (Phi) is 5.51. The molecule has 1 N–H and O–H groups in total. The molecule has 27 heavy (non-hydrogen) atoms. The maximum absolute atomic E-state index is 12.5. The van der Waals surface area contributed by atoms with Crippen LogP contribution in [0.3, 0.4) is 0 Å². The number of ether oxygens (including phenoxy) is 2. The minimum Gasteiger partial charge on any atom is -0.497 e. The molecule has 0 unspecified atom stereocenters. The van der Waals surface area contributed by atoms with Crippen LogP contribution in [-0.4, -0.2) is 37.4 Å². The van der Waals surface area contributed by atoms with Gasteiger partial charge in [0, 0.05) is 18.8 Å². The summed E-state index contributed by atoms with van der Waals surface area (Å²) in [5.74, 6) is 1.40. The Morgan fingerprint density at radius 3 is 2.37 bits per heavy atom. The fourth-order valence-electron chi connectivity index (χ4n) is 2.50. The van der Waals surface area contributed by atoms with Gasteiger partial charge >= 0.3 is 0 Å². The molecule has 0 aliphatic rings. The van der Waals surface area contributed by atoms with E-state index in [9.17, 15) is 4.79 Å². The molecular formula is C20H20N4O3. The van der Waals surface area contributed by atoms with Crippen LogP contribution in [-0.2, 0) is 0 Å². The van der Waals surface area contributed by atoms with Crippen LogP contribution in [0.4, 0.5) is 17.2 Å². The summed E-state index contributed by atoms with van der Waals surface area (Å²) in [5.41, 5.74) is 1.71. The summed E-state index contributed by atoms with van der Waals surface area (Å²) >= 11 is 0. The highest BCUT2D eigenvalue weighted by Crippen LogP contribution is 2.29. The molecule has 1 heterocycles. The lowest BCUT2D eigenvalue weighted by Crippen LogP contribution is -2.17. The molecule has 0 aliphatic carbocycles. The van der Waals surface area contributed by atoms with E-state index in [4.69, 9.17) is 9.47 Å². The summed E-state index contributed by atoms with van der Waals surface area (Å²) < 4.78 is 10.4. The molecule has 0 fully saturated rings. The van der Waals surface area contributed by atoms with Crippen molar-refractivity contribution in [2.24, 2.45) is 0 Å². The van der Waals surface area contributed by atoms with Gasteiger partial charge in [0.05, 0.1) is 19.9 Å². The third kappa shape index (κ3) is 4.14. The van der Waals surface area contributed by atoms with Gasteiger partial charge in [-0.3, -0.25) is 4.79 Å². The number of para-hydroxylation sites is 1. The first-order valence-electron chi connectivity index (χ1n) is 8.28. The predicted octanol–water partition coefficient (Wildman–Crippen LogP) is 3.51. The number of hydrogen-bond donors (Lipinski definition) is 1. The molecule has 3 aromatic rings. The first-order chi connectivity index (χ1) is 13.1. The van der Waals surface area contributed by atoms with Crippen LogP contribution in [0.15, 0.2) is 60.7 Å². The molecular weight excluding hydrogens is 344 g/mol. The second kappa shape index (κ2) is 8.18. The molecule has 1 amide bonds. The summed E-state index contributed by atoms with van der Waals surface area (Å²) in [7, 11) is 4.98. The number of benzene rings is 2. The average Bonchev–Trinajstić information content (AvgIpc) is 2.74. The number of carbonyl (C=O) groups excluding carboxylic acids is 1. The normalized spacial score (nSPS) is 10.2. The Bertz CT molecular complexity index is 914. The lowest BCUT2D eigenvalue weighted by molar-refractivity contribution is 0.102. The van der Waals surface area contributed by atoms with Crippen molar-refractivity contribution in [1.82, 2.24) is 10.2 Å². The predicted molar refractivity (Wildman–Crippen MR) is 104 cm³/mol. The molecule has 3 rings (SSSR count). The van der Waals surface area contributed by atoms with E-state index in [0.717, 1.165) is 5.69 Å². The van der Waals surface area contributed by atoms with Crippen molar-refractivity contribution < 1.29 is 14.3 Å². The van der Waals surface area contributed by atoms with Crippen molar-refractivity contribution in [3.63, 3.8) is 0 Å². The lowest BCUT2D eigenvalue weighted by Gasteiger charge is -2.17. The van der Waals surface area contributed by atoms with Gasteiger partial charge in [-0.05, 0) is 36.4 Å². The van der Waals surface area contributed by atoms with Gasteiger partial charge in [-0.15, -0.1) is 10.2 Å². The third-order valence-corrected chi connectivity index (χ3v) is 4.03. The molecule has 138 valence electrons. The van der Waals surface area contributed by atoms with Gasteiger partial charge in [0.2, 0.25) is 0 Å². The highest BCUT2D eigenvalue weighted by molar-refractivity contribution is 6.03. The summed E-state index contributed by atoms with van der Waals surface area (Å²) in [4.78, 5) is 14.4. The molecule has 0 spiro atoms. The Morgan fingerprint density at radius 2 is 1.74 bits per heavy atom. The van der Waals surface area contributed by atoms with Gasteiger partial charge in [0.15, 0.2) is 11.5 Å². The van der Waals surface area contributed by atoms with Gasteiger partial charge < -0.3 is 19.7 Å². The molecule has 7 nitrogen and oxygen atoms in total. The molecule has 1 aromatic heterocycles. The zero-order valence-corrected chi connectivity index (χ0v) is 15.3. The van der Waals surface area contributed by atoms with Gasteiger partial charge in [-0.1, -0.05) is 18.2 Å². The Hall–Kier alpha value is -3.61. The first-order valence-corrected chi connectivity index (χ1v) is 8.28. The van der Waals surface area contributed by atoms with Gasteiger partial charge in [0.1, 0.15) is 11.5 Å². The molecule has 0 atom stereocenters. The van der Waals surface area contributed by atoms with E-state index < -0.39 is 0 Å². The average molecular weight is 364 g/mol. The van der Waals surface area contributed by atoms with E-state index in [1.807, 2.05) is 42.3 Å². The second-order valence-corrected chi connectivity index (χ2v) is 5.69. The monoisotopic (exact) mass is 364 g/mol. The topological polar surface area (TPSA) is 76.6 Å². The summed E-state index contributed by atoms with van der Waals surface area (Å²) in [6.45, 7) is 0. The fraction of sp³-hybridized carbons (Fsp3) is 0.150. The van der Waals surface area contributed by atoms with Crippen LogP contribution in [0.5, 0.6) is 11.5 Å². The first kappa shape index (κ1) is 18.2. The van der Waals surface area contributed by atoms with Crippen LogP contribution in [0.2, 0.25) is 0 Å². The van der Waals surface area contributed by atoms with E-state index in [1.165, 1.54) is 7.11 Å². The maximum atomic E-state index is 12.5. The number of amides is 1. The Balaban J connectivity index is 1.75. The summed E-state index contributed by atoms with van der Waals surface area (Å²) in [6.07, 6.45) is 0. The van der Waals surface area contributed by atoms with E-state index in [1.54, 1.807) is 37.4 Å². The van der Waals surface area contributed by atoms with E-state index in [2.05, 4.69) is 15.5 Å². The number of nitrogens with one attached hydrogen (secondary N) is 1. The van der Waals surface area contributed by atoms with Crippen molar-refractivity contribution >= 4 is 23.1 Å². The lowest BCUT2D eigenvalue weighted by atomic mass is 10.2. The highest BCUT2D eigenvalue weighted by atomic mass is 16.5. The smallest absolute Gasteiger partial charge is 0.276 e. The Morgan fingerprint density at radius 1 is 0.963 bits per heavy atom. The quantitative estimate of drug-likeness (QED) is 0.721. The molecule has 0 bridgehead atoms. The molecule has 0 saturated carbocycles. The molecule has 0 aliphatic heterocycles. The molecule has 0 saturated heterocycles. The van der Waals surface area contributed by atoms with E-state index in [-0.39, 0.29) is 11.6 Å². The molecule has 7 heteroatoms. The van der Waals surface area contributed by atoms with Gasteiger partial charge in [0.25, 0.3) is 5.91 Å². The number of anilines is 3. The van der Waals surface area contributed by atoms with E-state index in [0.29, 0.717) is 23.0 Å². The van der Waals surface area contributed by atoms with Crippen molar-refractivity contribution in [3.05, 3.63) is 66.4 Å². The van der Waals surface area contributed by atoms with E-state index >= 15 is 0 Å². The van der Waals surface area contributed by atoms with Crippen molar-refractivity contribution in [3.8, 4) is 11.5 Å². The molecule has 2 aromatic carbocycles. The third-order valence-electron chi connectivity index (χ3n) is 4.03. The van der Waals surface area contributed by atoms with Crippen LogP contribution in [0, 0.1) is 0 Å². The standard InChI is InChI=1S/C20H20N4O3/c1-24(14-7-5-4-6-8-14)19-12-11-17(22-23-19)20(25)21-16-10-9-15(26-2)13-18(16)27-3/h4-13H,1-3H3,(H,21,25). The summed E-state index contributed by atoms with van der Waals surface area (Å²) in [6, 6.07) is 18.3. The zero-order chi connectivity index (χ0) is 19.2. The van der Waals surface area contributed by atoms with Crippen molar-refractivity contribution in [2.75, 3.05) is 31.5 Å². The summed E-state index contributed by atoms with van der Waals surface area (Å²) in [5, 5.41) is 11.0. The number of nitrogens with zero attached hydrogens (tertiary/aromatic N) is 3. The number of methoxy groups -OCH3 is 2. The van der Waals surface area contributed by atoms with Crippen LogP contribution in [0.25, 0.3) is 0 Å². The maximum Gasteiger partial charge on any atom is 0.276 e. The molecule has 0 radical (unpaired) electrons. The van der Waals surface area contributed by atoms with Gasteiger partial charge in [-0.25, -0.2) is 0 Å². The largest absolute Gasteiger partial charge is 0.497 e. The minimum atomic E-state index is -0.375. The zero-order valence-electron chi connectivity index (χ0n) is 15.3. The van der Waals surface area contributed by atoms with Crippen LogP contribution in [0.1, 0.15) is 10.5 Å². The van der Waals surface area contributed by atoms with Crippen molar-refractivity contribution in [2.45, 2.75) is 0 Å². The van der Waals surface area contributed by atoms with Crippen LogP contribution < -0.4 is 19.7 Å². The number of rotatable bonds is 6. The minimum absolute atomic E-state index is 0.207. The number of hydrogen-bond acceptors (Lipinski definition) is 6. The second-order valence-electron chi connectivity index (χ2n) is 5.69. The highest BCUT2D eigenvalue weighted by Gasteiger charge is 2.14. The number of aromatic nitrogens is 2. The SMILES string of the molecule is COc1ccc(NC(=O)c2ccc(N(C)c3ccccc3)nn2)c(OC)c1. The van der Waals surface area contributed by atoms with Gasteiger partial charge in [-0.2, -0.15) is 0 Å². The Labute approximate surface area is 157 Å². The number of carbonyl (C=O) groups is 1.